The fourth-order valence-corrected chi connectivity index (χ4v) is 3.68. The van der Waals surface area contributed by atoms with Crippen molar-refractivity contribution in [1.82, 2.24) is 14.9 Å². The SMILES string of the molecule is CN(C)C(=O)CCNS(=O)(=O)c1cccc2c1CCNC2. The van der Waals surface area contributed by atoms with E-state index in [9.17, 15) is 13.2 Å². The molecule has 0 spiro atoms. The van der Waals surface area contributed by atoms with Crippen LogP contribution >= 0.6 is 0 Å². The Balaban J connectivity index is 2.11. The second-order valence-corrected chi connectivity index (χ2v) is 6.99. The first kappa shape index (κ1) is 15.9. The van der Waals surface area contributed by atoms with Gasteiger partial charge >= 0.3 is 0 Å². The van der Waals surface area contributed by atoms with E-state index in [1.165, 1.54) is 4.90 Å². The third-order valence-electron chi connectivity index (χ3n) is 3.52. The van der Waals surface area contributed by atoms with Gasteiger partial charge in [-0.2, -0.15) is 0 Å². The number of hydrogen-bond donors (Lipinski definition) is 2. The Morgan fingerprint density at radius 3 is 2.86 bits per heavy atom. The van der Waals surface area contributed by atoms with Crippen LogP contribution in [0.2, 0.25) is 0 Å². The molecule has 1 aromatic carbocycles. The minimum Gasteiger partial charge on any atom is -0.349 e. The molecule has 0 aliphatic carbocycles. The third kappa shape index (κ3) is 3.81. The predicted molar refractivity (Wildman–Crippen MR) is 80.4 cm³/mol. The summed E-state index contributed by atoms with van der Waals surface area (Å²) in [5.41, 5.74) is 1.90. The van der Waals surface area contributed by atoms with E-state index in [1.807, 2.05) is 6.07 Å². The monoisotopic (exact) mass is 311 g/mol. The van der Waals surface area contributed by atoms with E-state index in [2.05, 4.69) is 10.0 Å². The molecule has 0 radical (unpaired) electrons. The summed E-state index contributed by atoms with van der Waals surface area (Å²) in [5.74, 6) is -0.100. The number of rotatable bonds is 5. The van der Waals surface area contributed by atoms with Crippen molar-refractivity contribution in [2.45, 2.75) is 24.3 Å². The highest BCUT2D eigenvalue weighted by Gasteiger charge is 2.22. The van der Waals surface area contributed by atoms with Crippen LogP contribution in [0.3, 0.4) is 0 Å². The molecule has 0 bridgehead atoms. The lowest BCUT2D eigenvalue weighted by atomic mass is 10.0. The van der Waals surface area contributed by atoms with E-state index >= 15 is 0 Å². The number of benzene rings is 1. The van der Waals surface area contributed by atoms with Gasteiger partial charge in [-0.05, 0) is 30.2 Å². The second-order valence-electron chi connectivity index (χ2n) is 5.26. The van der Waals surface area contributed by atoms with E-state index < -0.39 is 10.0 Å². The molecule has 0 saturated heterocycles. The summed E-state index contributed by atoms with van der Waals surface area (Å²) in [7, 11) is -0.271. The molecule has 116 valence electrons. The molecule has 1 amide bonds. The van der Waals surface area contributed by atoms with Gasteiger partial charge in [0.1, 0.15) is 0 Å². The highest BCUT2D eigenvalue weighted by Crippen LogP contribution is 2.22. The Hall–Kier alpha value is -1.44. The van der Waals surface area contributed by atoms with Gasteiger partial charge in [-0.25, -0.2) is 13.1 Å². The van der Waals surface area contributed by atoms with E-state index in [-0.39, 0.29) is 18.9 Å². The third-order valence-corrected chi connectivity index (χ3v) is 5.06. The summed E-state index contributed by atoms with van der Waals surface area (Å²) >= 11 is 0. The Labute approximate surface area is 125 Å². The van der Waals surface area contributed by atoms with Gasteiger partial charge in [0.05, 0.1) is 4.90 Å². The van der Waals surface area contributed by atoms with Gasteiger partial charge in [0.2, 0.25) is 15.9 Å². The number of sulfonamides is 1. The predicted octanol–water partition coefficient (Wildman–Crippen LogP) is 0.0889. The minimum atomic E-state index is -3.57. The average molecular weight is 311 g/mol. The number of amides is 1. The molecular formula is C14H21N3O3S. The highest BCUT2D eigenvalue weighted by molar-refractivity contribution is 7.89. The lowest BCUT2D eigenvalue weighted by molar-refractivity contribution is -0.128. The standard InChI is InChI=1S/C14H21N3O3S/c1-17(2)14(18)7-9-16-21(19,20)13-5-3-4-11-10-15-8-6-12(11)13/h3-5,15-16H,6-10H2,1-2H3. The summed E-state index contributed by atoms with van der Waals surface area (Å²) in [6.07, 6.45) is 0.853. The molecule has 7 heteroatoms. The van der Waals surface area contributed by atoms with E-state index in [1.54, 1.807) is 26.2 Å². The zero-order valence-electron chi connectivity index (χ0n) is 12.3. The number of fused-ring (bicyclic) bond motifs is 1. The molecule has 0 saturated carbocycles. The van der Waals surface area contributed by atoms with Crippen molar-refractivity contribution in [1.29, 1.82) is 0 Å². The molecule has 21 heavy (non-hydrogen) atoms. The summed E-state index contributed by atoms with van der Waals surface area (Å²) in [6, 6.07) is 5.32. The van der Waals surface area contributed by atoms with Crippen LogP contribution in [0.4, 0.5) is 0 Å². The second kappa shape index (κ2) is 6.55. The number of hydrogen-bond acceptors (Lipinski definition) is 4. The van der Waals surface area contributed by atoms with Crippen molar-refractivity contribution in [3.8, 4) is 0 Å². The van der Waals surface area contributed by atoms with Crippen molar-refractivity contribution in [3.63, 3.8) is 0 Å². The van der Waals surface area contributed by atoms with Crippen LogP contribution < -0.4 is 10.0 Å². The van der Waals surface area contributed by atoms with Gasteiger partial charge < -0.3 is 10.2 Å². The molecule has 6 nitrogen and oxygen atoms in total. The van der Waals surface area contributed by atoms with Gasteiger partial charge in [-0.15, -0.1) is 0 Å². The number of carbonyl (C=O) groups excluding carboxylic acids is 1. The van der Waals surface area contributed by atoms with E-state index in [0.29, 0.717) is 17.9 Å². The summed E-state index contributed by atoms with van der Waals surface area (Å²) in [5, 5.41) is 3.22. The van der Waals surface area contributed by atoms with Crippen LogP contribution in [-0.4, -0.2) is 46.4 Å². The maximum absolute atomic E-state index is 12.4. The van der Waals surface area contributed by atoms with Crippen molar-refractivity contribution in [2.24, 2.45) is 0 Å². The van der Waals surface area contributed by atoms with Gasteiger partial charge in [0.25, 0.3) is 0 Å². The Bertz CT molecular complexity index is 626. The summed E-state index contributed by atoms with van der Waals surface area (Å²) in [4.78, 5) is 13.3. The first-order chi connectivity index (χ1) is 9.92. The normalized spacial score (nSPS) is 14.6. The zero-order chi connectivity index (χ0) is 15.5. The van der Waals surface area contributed by atoms with Crippen LogP contribution in [0.1, 0.15) is 17.5 Å². The van der Waals surface area contributed by atoms with Crippen LogP contribution in [-0.2, 0) is 27.8 Å². The summed E-state index contributed by atoms with van der Waals surface area (Å²) in [6.45, 7) is 1.58. The maximum Gasteiger partial charge on any atom is 0.240 e. The van der Waals surface area contributed by atoms with Crippen molar-refractivity contribution in [2.75, 3.05) is 27.2 Å². The van der Waals surface area contributed by atoms with E-state index in [0.717, 1.165) is 17.7 Å². The van der Waals surface area contributed by atoms with Crippen LogP contribution in [0.5, 0.6) is 0 Å². The molecular weight excluding hydrogens is 290 g/mol. The first-order valence-corrected chi connectivity index (χ1v) is 8.41. The van der Waals surface area contributed by atoms with Crippen LogP contribution in [0.25, 0.3) is 0 Å². The Morgan fingerprint density at radius 1 is 1.38 bits per heavy atom. The first-order valence-electron chi connectivity index (χ1n) is 6.93. The molecule has 1 heterocycles. The maximum atomic E-state index is 12.4. The number of nitrogens with zero attached hydrogens (tertiary/aromatic N) is 1. The number of nitrogens with one attached hydrogen (secondary N) is 2. The van der Waals surface area contributed by atoms with Gasteiger partial charge in [-0.1, -0.05) is 12.1 Å². The Morgan fingerprint density at radius 2 is 2.14 bits per heavy atom. The lowest BCUT2D eigenvalue weighted by Gasteiger charge is -2.20. The van der Waals surface area contributed by atoms with E-state index in [4.69, 9.17) is 0 Å². The molecule has 1 aliphatic heterocycles. The van der Waals surface area contributed by atoms with Gasteiger partial charge in [0, 0.05) is 33.6 Å². The fourth-order valence-electron chi connectivity index (χ4n) is 2.34. The fraction of sp³-hybridized carbons (Fsp3) is 0.500. The molecule has 2 rings (SSSR count). The number of carbonyl (C=O) groups is 1. The highest BCUT2D eigenvalue weighted by atomic mass is 32.2. The van der Waals surface area contributed by atoms with Crippen LogP contribution in [0.15, 0.2) is 23.1 Å². The molecule has 0 atom stereocenters. The minimum absolute atomic E-state index is 0.100. The average Bonchev–Trinajstić information content (AvgIpc) is 2.46. The molecule has 1 aliphatic rings. The molecule has 0 fully saturated rings. The quantitative estimate of drug-likeness (QED) is 0.808. The topological polar surface area (TPSA) is 78.5 Å². The van der Waals surface area contributed by atoms with Crippen molar-refractivity contribution in [3.05, 3.63) is 29.3 Å². The molecule has 0 unspecified atom stereocenters. The smallest absolute Gasteiger partial charge is 0.240 e. The van der Waals surface area contributed by atoms with Crippen molar-refractivity contribution >= 4 is 15.9 Å². The Kier molecular flexibility index (Phi) is 4.97. The van der Waals surface area contributed by atoms with Gasteiger partial charge in [-0.3, -0.25) is 4.79 Å². The molecule has 2 N–H and O–H groups in total. The van der Waals surface area contributed by atoms with Gasteiger partial charge in [0.15, 0.2) is 0 Å². The molecule has 0 aromatic heterocycles. The largest absolute Gasteiger partial charge is 0.349 e. The van der Waals surface area contributed by atoms with Crippen LogP contribution in [0, 0.1) is 0 Å². The molecule has 1 aromatic rings. The van der Waals surface area contributed by atoms with Crippen molar-refractivity contribution < 1.29 is 13.2 Å². The lowest BCUT2D eigenvalue weighted by Crippen LogP contribution is -2.32. The summed E-state index contributed by atoms with van der Waals surface area (Å²) < 4.78 is 27.3. The zero-order valence-corrected chi connectivity index (χ0v) is 13.2.